The molecule has 1 aromatic carbocycles. The lowest BCUT2D eigenvalue weighted by atomic mass is 9.85. The molecule has 3 rings (SSSR count). The molecule has 2 aromatic heterocycles. The summed E-state index contributed by atoms with van der Waals surface area (Å²) in [6.45, 7) is -0.125. The molecule has 0 saturated carbocycles. The summed E-state index contributed by atoms with van der Waals surface area (Å²) in [6, 6.07) is 7.41. The minimum absolute atomic E-state index is 0.135. The Morgan fingerprint density at radius 2 is 1.31 bits per heavy atom. The van der Waals surface area contributed by atoms with Gasteiger partial charge in [-0.3, -0.25) is 0 Å². The number of halogens is 2. The molecule has 29 heavy (non-hydrogen) atoms. The minimum atomic E-state index is -3.03. The molecule has 0 aliphatic heterocycles. The van der Waals surface area contributed by atoms with Crippen LogP contribution in [0.25, 0.3) is 0 Å². The van der Waals surface area contributed by atoms with Gasteiger partial charge in [-0.1, -0.05) is 12.1 Å². The third-order valence-corrected chi connectivity index (χ3v) is 4.20. The Balaban J connectivity index is 2.27. The molecule has 2 N–H and O–H groups in total. The number of benzene rings is 1. The summed E-state index contributed by atoms with van der Waals surface area (Å²) in [4.78, 5) is 25.0. The Labute approximate surface area is 162 Å². The van der Waals surface area contributed by atoms with Crippen LogP contribution in [0.2, 0.25) is 0 Å². The van der Waals surface area contributed by atoms with Crippen molar-refractivity contribution in [1.29, 1.82) is 0 Å². The second-order valence-corrected chi connectivity index (χ2v) is 6.27. The van der Waals surface area contributed by atoms with E-state index in [-0.39, 0.29) is 34.0 Å². The van der Waals surface area contributed by atoms with Gasteiger partial charge in [0.15, 0.2) is 0 Å². The number of alkyl halides is 2. The lowest BCUT2D eigenvalue weighted by molar-refractivity contribution is -0.0498. The molecule has 0 spiro atoms. The van der Waals surface area contributed by atoms with Crippen LogP contribution in [0, 0.1) is 13.8 Å². The van der Waals surface area contributed by atoms with Crippen molar-refractivity contribution in [2.45, 2.75) is 26.4 Å². The molecule has 0 bridgehead atoms. The van der Waals surface area contributed by atoms with Crippen LogP contribution in [0.5, 0.6) is 17.2 Å². The second-order valence-electron chi connectivity index (χ2n) is 6.27. The average molecular weight is 406 g/mol. The molecule has 9 heteroatoms. The Kier molecular flexibility index (Phi) is 5.40. The van der Waals surface area contributed by atoms with Crippen LogP contribution in [0.15, 0.2) is 54.8 Å². The summed E-state index contributed by atoms with van der Waals surface area (Å²) in [7, 11) is 0. The maximum absolute atomic E-state index is 12.5. The summed E-state index contributed by atoms with van der Waals surface area (Å²) in [5.41, 5.74) is -2.27. The van der Waals surface area contributed by atoms with Gasteiger partial charge < -0.3 is 23.8 Å². The van der Waals surface area contributed by atoms with Crippen molar-refractivity contribution < 1.29 is 32.6 Å². The van der Waals surface area contributed by atoms with Gasteiger partial charge in [0, 0.05) is 12.1 Å². The van der Waals surface area contributed by atoms with E-state index in [1.54, 1.807) is 0 Å². The first kappa shape index (κ1) is 20.1. The van der Waals surface area contributed by atoms with Crippen molar-refractivity contribution in [2.24, 2.45) is 0 Å². The van der Waals surface area contributed by atoms with Gasteiger partial charge in [-0.25, -0.2) is 9.59 Å². The third kappa shape index (κ3) is 4.13. The smallest absolute Gasteiger partial charge is 0.387 e. The van der Waals surface area contributed by atoms with Gasteiger partial charge in [0.25, 0.3) is 0 Å². The van der Waals surface area contributed by atoms with E-state index in [0.29, 0.717) is 0 Å². The molecule has 0 atom stereocenters. The van der Waals surface area contributed by atoms with Crippen LogP contribution >= 0.6 is 0 Å². The summed E-state index contributed by atoms with van der Waals surface area (Å²) < 4.78 is 39.2. The van der Waals surface area contributed by atoms with Crippen LogP contribution in [-0.2, 0) is 0 Å². The maximum Gasteiger partial charge on any atom is 0.387 e. The molecule has 2 heterocycles. The number of hydrogen-bond acceptors (Lipinski definition) is 7. The number of ether oxygens (including phenoxy) is 1. The molecule has 0 radical (unpaired) electrons. The zero-order valence-electron chi connectivity index (χ0n) is 15.3. The Morgan fingerprint density at radius 1 is 0.862 bits per heavy atom. The monoisotopic (exact) mass is 406 g/mol. The van der Waals surface area contributed by atoms with Gasteiger partial charge in [-0.2, -0.15) is 8.78 Å². The van der Waals surface area contributed by atoms with Crippen molar-refractivity contribution >= 4 is 0 Å². The maximum atomic E-state index is 12.5. The quantitative estimate of drug-likeness (QED) is 0.668. The van der Waals surface area contributed by atoms with E-state index in [4.69, 9.17) is 8.83 Å². The lowest BCUT2D eigenvalue weighted by Crippen LogP contribution is -2.21. The Morgan fingerprint density at radius 3 is 1.69 bits per heavy atom. The molecule has 0 unspecified atom stereocenters. The highest BCUT2D eigenvalue weighted by molar-refractivity contribution is 5.51. The van der Waals surface area contributed by atoms with E-state index in [2.05, 4.69) is 4.74 Å². The molecular formula is C20H16F2O7. The van der Waals surface area contributed by atoms with Crippen molar-refractivity contribution in [1.82, 2.24) is 0 Å². The van der Waals surface area contributed by atoms with Gasteiger partial charge >= 0.3 is 17.9 Å². The van der Waals surface area contributed by atoms with E-state index in [0.717, 1.165) is 0 Å². The molecule has 152 valence electrons. The van der Waals surface area contributed by atoms with Crippen LogP contribution in [0.1, 0.15) is 34.1 Å². The summed E-state index contributed by atoms with van der Waals surface area (Å²) in [5.74, 6) is -2.09. The standard InChI is InChI=1S/C20H16F2O7/c1-9-7-13(23)16(18(25)27-9)15(17-14(24)8-10(2)28-19(17)26)11-3-5-12(6-4-11)29-20(21)22/h3-8,15,20,23-24H,1-2H3. The largest absolute Gasteiger partial charge is 0.507 e. The highest BCUT2D eigenvalue weighted by atomic mass is 19.3. The van der Waals surface area contributed by atoms with E-state index >= 15 is 0 Å². The zero-order valence-corrected chi connectivity index (χ0v) is 15.3. The highest BCUT2D eigenvalue weighted by Crippen LogP contribution is 2.38. The van der Waals surface area contributed by atoms with Crippen molar-refractivity contribution in [3.05, 3.63) is 85.4 Å². The van der Waals surface area contributed by atoms with Crippen LogP contribution in [0.4, 0.5) is 8.78 Å². The van der Waals surface area contributed by atoms with Gasteiger partial charge in [0.1, 0.15) is 28.8 Å². The highest BCUT2D eigenvalue weighted by Gasteiger charge is 2.30. The second kappa shape index (κ2) is 7.78. The Hall–Kier alpha value is -3.62. The predicted octanol–water partition coefficient (Wildman–Crippen LogP) is 3.40. The molecule has 0 aliphatic rings. The van der Waals surface area contributed by atoms with Gasteiger partial charge in [-0.15, -0.1) is 0 Å². The average Bonchev–Trinajstić information content (AvgIpc) is 2.59. The number of aryl methyl sites for hydroxylation is 2. The fraction of sp³-hybridized carbons (Fsp3) is 0.200. The summed E-state index contributed by atoms with van der Waals surface area (Å²) in [5, 5.41) is 20.8. The van der Waals surface area contributed by atoms with Gasteiger partial charge in [0.2, 0.25) is 0 Å². The van der Waals surface area contributed by atoms with Crippen LogP contribution < -0.4 is 16.0 Å². The van der Waals surface area contributed by atoms with Crippen LogP contribution in [-0.4, -0.2) is 16.8 Å². The number of rotatable bonds is 5. The molecule has 0 aliphatic carbocycles. The molecule has 0 saturated heterocycles. The van der Waals surface area contributed by atoms with Crippen LogP contribution in [0.3, 0.4) is 0 Å². The summed E-state index contributed by atoms with van der Waals surface area (Å²) >= 11 is 0. The van der Waals surface area contributed by atoms with Crippen molar-refractivity contribution in [3.8, 4) is 17.2 Å². The first-order valence-electron chi connectivity index (χ1n) is 8.39. The fourth-order valence-corrected chi connectivity index (χ4v) is 3.06. The van der Waals surface area contributed by atoms with Gasteiger partial charge in [0.05, 0.1) is 17.0 Å². The molecule has 7 nitrogen and oxygen atoms in total. The van der Waals surface area contributed by atoms with E-state index in [9.17, 15) is 28.6 Å². The van der Waals surface area contributed by atoms with Gasteiger partial charge in [-0.05, 0) is 31.5 Å². The SMILES string of the molecule is Cc1cc(O)c(C(c2ccc(OC(F)F)cc2)c2c(O)cc(C)oc2=O)c(=O)o1. The molecule has 0 fully saturated rings. The first-order chi connectivity index (χ1) is 13.7. The number of aromatic hydroxyl groups is 2. The third-order valence-electron chi connectivity index (χ3n) is 4.20. The topological polar surface area (TPSA) is 110 Å². The molecule has 3 aromatic rings. The lowest BCUT2D eigenvalue weighted by Gasteiger charge is -2.19. The van der Waals surface area contributed by atoms with E-state index < -0.39 is 35.3 Å². The normalized spacial score (nSPS) is 11.2. The molecular weight excluding hydrogens is 390 g/mol. The van der Waals surface area contributed by atoms with E-state index in [1.165, 1.54) is 50.2 Å². The zero-order chi connectivity index (χ0) is 21.3. The Bertz CT molecular complexity index is 1080. The number of hydrogen-bond donors (Lipinski definition) is 2. The molecule has 0 amide bonds. The fourth-order valence-electron chi connectivity index (χ4n) is 3.06. The first-order valence-corrected chi connectivity index (χ1v) is 8.39. The van der Waals surface area contributed by atoms with Crippen molar-refractivity contribution in [3.63, 3.8) is 0 Å². The van der Waals surface area contributed by atoms with Crippen molar-refractivity contribution in [2.75, 3.05) is 0 Å². The minimum Gasteiger partial charge on any atom is -0.507 e. The van der Waals surface area contributed by atoms with E-state index in [1.807, 2.05) is 0 Å². The summed E-state index contributed by atoms with van der Waals surface area (Å²) in [6.07, 6.45) is 0. The predicted molar refractivity (Wildman–Crippen MR) is 96.8 cm³/mol.